The van der Waals surface area contributed by atoms with Crippen LogP contribution in [0.4, 0.5) is 5.69 Å². The highest BCUT2D eigenvalue weighted by atomic mass is 16.4. The molecule has 0 bridgehead atoms. The number of carbonyl (C=O) groups is 2. The van der Waals surface area contributed by atoms with E-state index in [1.54, 1.807) is 6.07 Å². The number of aliphatic hydroxyl groups excluding tert-OH is 1. The first-order valence-corrected chi connectivity index (χ1v) is 6.64. The van der Waals surface area contributed by atoms with Crippen molar-refractivity contribution in [2.75, 3.05) is 18.4 Å². The lowest BCUT2D eigenvalue weighted by atomic mass is 10.0. The molecule has 1 atom stereocenters. The molecular weight excluding hydrogens is 260 g/mol. The summed E-state index contributed by atoms with van der Waals surface area (Å²) in [6.45, 7) is 1.08. The van der Waals surface area contributed by atoms with Gasteiger partial charge in [0.1, 0.15) is 0 Å². The topological polar surface area (TPSA) is 98.7 Å². The van der Waals surface area contributed by atoms with Gasteiger partial charge in [0.25, 0.3) is 5.91 Å². The van der Waals surface area contributed by atoms with Gasteiger partial charge in [0.2, 0.25) is 0 Å². The highest BCUT2D eigenvalue weighted by Crippen LogP contribution is 2.22. The number of hydrogen-bond acceptors (Lipinski definition) is 4. The lowest BCUT2D eigenvalue weighted by Gasteiger charge is -2.18. The van der Waals surface area contributed by atoms with Crippen molar-refractivity contribution in [3.63, 3.8) is 0 Å². The van der Waals surface area contributed by atoms with Gasteiger partial charge in [-0.2, -0.15) is 0 Å². The molecule has 0 saturated carbocycles. The summed E-state index contributed by atoms with van der Waals surface area (Å²) in [5, 5.41) is 23.5. The van der Waals surface area contributed by atoms with Crippen LogP contribution in [0.25, 0.3) is 0 Å². The van der Waals surface area contributed by atoms with E-state index in [0.717, 1.165) is 30.6 Å². The number of rotatable bonds is 5. The number of hydrogen-bond donors (Lipinski definition) is 4. The van der Waals surface area contributed by atoms with Gasteiger partial charge in [0, 0.05) is 30.8 Å². The van der Waals surface area contributed by atoms with Crippen molar-refractivity contribution in [2.45, 2.75) is 25.4 Å². The van der Waals surface area contributed by atoms with Gasteiger partial charge < -0.3 is 20.8 Å². The smallest absolute Gasteiger partial charge is 0.332 e. The molecule has 2 rings (SSSR count). The number of benzene rings is 1. The van der Waals surface area contributed by atoms with Crippen LogP contribution in [0.1, 0.15) is 28.8 Å². The Morgan fingerprint density at radius 2 is 2.20 bits per heavy atom. The molecule has 4 N–H and O–H groups in total. The summed E-state index contributed by atoms with van der Waals surface area (Å²) in [4.78, 5) is 22.4. The summed E-state index contributed by atoms with van der Waals surface area (Å²) >= 11 is 0. The van der Waals surface area contributed by atoms with Gasteiger partial charge >= 0.3 is 5.97 Å². The molecule has 1 aromatic rings. The Labute approximate surface area is 116 Å². The summed E-state index contributed by atoms with van der Waals surface area (Å²) in [6, 6.07) is 5.47. The highest BCUT2D eigenvalue weighted by molar-refractivity contribution is 5.95. The number of amides is 1. The number of fused-ring (bicyclic) bond motifs is 1. The number of aliphatic hydroxyl groups is 1. The second kappa shape index (κ2) is 6.38. The van der Waals surface area contributed by atoms with Gasteiger partial charge in [-0.05, 0) is 36.6 Å². The molecule has 1 heterocycles. The summed E-state index contributed by atoms with van der Waals surface area (Å²) in [6.07, 6.45) is 0.542. The third-order valence-electron chi connectivity index (χ3n) is 3.29. The zero-order valence-electron chi connectivity index (χ0n) is 11.1. The Balaban J connectivity index is 1.91. The third-order valence-corrected chi connectivity index (χ3v) is 3.29. The number of carbonyl (C=O) groups excluding carboxylic acids is 1. The number of aryl methyl sites for hydroxylation is 1. The molecular formula is C14H18N2O4. The zero-order valence-corrected chi connectivity index (χ0v) is 11.1. The number of aliphatic carboxylic acids is 1. The van der Waals surface area contributed by atoms with Crippen molar-refractivity contribution in [3.05, 3.63) is 29.3 Å². The predicted molar refractivity (Wildman–Crippen MR) is 73.8 cm³/mol. The molecule has 1 aliphatic heterocycles. The van der Waals surface area contributed by atoms with Crippen molar-refractivity contribution < 1.29 is 19.8 Å². The Morgan fingerprint density at radius 3 is 2.95 bits per heavy atom. The van der Waals surface area contributed by atoms with E-state index in [1.165, 1.54) is 0 Å². The molecule has 1 unspecified atom stereocenters. The predicted octanol–water partition coefficient (Wildman–Crippen LogP) is 0.610. The van der Waals surface area contributed by atoms with Crippen molar-refractivity contribution in [2.24, 2.45) is 0 Å². The minimum absolute atomic E-state index is 0.00638. The second-order valence-electron chi connectivity index (χ2n) is 4.80. The maximum atomic E-state index is 11.9. The normalized spacial score (nSPS) is 14.8. The fraction of sp³-hybridized carbons (Fsp3) is 0.429. The average molecular weight is 278 g/mol. The van der Waals surface area contributed by atoms with Crippen LogP contribution < -0.4 is 10.6 Å². The van der Waals surface area contributed by atoms with Gasteiger partial charge in [-0.3, -0.25) is 4.79 Å². The molecule has 108 valence electrons. The van der Waals surface area contributed by atoms with E-state index in [4.69, 9.17) is 10.2 Å². The fourth-order valence-corrected chi connectivity index (χ4v) is 2.16. The van der Waals surface area contributed by atoms with Crippen LogP contribution in [0.5, 0.6) is 0 Å². The monoisotopic (exact) mass is 278 g/mol. The van der Waals surface area contributed by atoms with Crippen molar-refractivity contribution >= 4 is 17.6 Å². The van der Waals surface area contributed by atoms with Crippen LogP contribution in [0.3, 0.4) is 0 Å². The summed E-state index contributed by atoms with van der Waals surface area (Å²) < 4.78 is 0. The number of nitrogens with one attached hydrogen (secondary N) is 2. The minimum atomic E-state index is -1.44. The Bertz CT molecular complexity index is 516. The van der Waals surface area contributed by atoms with E-state index in [9.17, 15) is 9.59 Å². The molecule has 0 aromatic heterocycles. The molecule has 1 aliphatic rings. The molecule has 6 heteroatoms. The molecule has 1 amide bonds. The largest absolute Gasteiger partial charge is 0.479 e. The van der Waals surface area contributed by atoms with Crippen molar-refractivity contribution in [1.82, 2.24) is 5.32 Å². The molecule has 0 aliphatic carbocycles. The van der Waals surface area contributed by atoms with Gasteiger partial charge in [-0.1, -0.05) is 0 Å². The first kappa shape index (κ1) is 14.3. The van der Waals surface area contributed by atoms with Gasteiger partial charge in [-0.25, -0.2) is 4.79 Å². The van der Waals surface area contributed by atoms with Crippen molar-refractivity contribution in [3.8, 4) is 0 Å². The number of carboxylic acid groups (broad SMARTS) is 1. The Morgan fingerprint density at radius 1 is 1.40 bits per heavy atom. The standard InChI is InChI=1S/C14H18N2O4/c17-12(14(19)20)5-7-16-13(18)10-3-4-11-9(8-10)2-1-6-15-11/h3-4,8,12,15,17H,1-2,5-7H2,(H,16,18)(H,19,20). The molecule has 0 saturated heterocycles. The van der Waals surface area contributed by atoms with Crippen molar-refractivity contribution in [1.29, 1.82) is 0 Å². The number of carboxylic acids is 1. The molecule has 1 aromatic carbocycles. The van der Waals surface area contributed by atoms with Crippen LogP contribution in [0, 0.1) is 0 Å². The zero-order chi connectivity index (χ0) is 14.5. The lowest BCUT2D eigenvalue weighted by molar-refractivity contribution is -0.146. The molecule has 0 radical (unpaired) electrons. The van der Waals surface area contributed by atoms with E-state index < -0.39 is 12.1 Å². The van der Waals surface area contributed by atoms with Gasteiger partial charge in [0.05, 0.1) is 0 Å². The molecule has 6 nitrogen and oxygen atoms in total. The van der Waals surface area contributed by atoms with E-state index in [2.05, 4.69) is 10.6 Å². The molecule has 20 heavy (non-hydrogen) atoms. The average Bonchev–Trinajstić information content (AvgIpc) is 2.46. The van der Waals surface area contributed by atoms with E-state index in [1.807, 2.05) is 12.1 Å². The fourth-order valence-electron chi connectivity index (χ4n) is 2.16. The first-order valence-electron chi connectivity index (χ1n) is 6.64. The van der Waals surface area contributed by atoms with Gasteiger partial charge in [-0.15, -0.1) is 0 Å². The lowest BCUT2D eigenvalue weighted by Crippen LogP contribution is -2.30. The molecule has 0 spiro atoms. The third kappa shape index (κ3) is 3.48. The van der Waals surface area contributed by atoms with Crippen LogP contribution in [-0.4, -0.2) is 41.3 Å². The minimum Gasteiger partial charge on any atom is -0.479 e. The van der Waals surface area contributed by atoms with Crippen LogP contribution >= 0.6 is 0 Å². The summed E-state index contributed by atoms with van der Waals surface area (Å²) in [5.41, 5.74) is 2.74. The summed E-state index contributed by atoms with van der Waals surface area (Å²) in [5.74, 6) is -1.53. The SMILES string of the molecule is O=C(NCCC(O)C(=O)O)c1ccc2c(c1)CCCN2. The molecule has 0 fully saturated rings. The van der Waals surface area contributed by atoms with E-state index in [0.29, 0.717) is 5.56 Å². The maximum Gasteiger partial charge on any atom is 0.332 e. The maximum absolute atomic E-state index is 11.9. The Kier molecular flexibility index (Phi) is 4.57. The summed E-state index contributed by atoms with van der Waals surface area (Å²) in [7, 11) is 0. The Hall–Kier alpha value is -2.08. The van der Waals surface area contributed by atoms with E-state index in [-0.39, 0.29) is 18.9 Å². The van der Waals surface area contributed by atoms with Gasteiger partial charge in [0.15, 0.2) is 6.10 Å². The quantitative estimate of drug-likeness (QED) is 0.632. The second-order valence-corrected chi connectivity index (χ2v) is 4.80. The first-order chi connectivity index (χ1) is 9.58. The van der Waals surface area contributed by atoms with Crippen LogP contribution in [-0.2, 0) is 11.2 Å². The van der Waals surface area contributed by atoms with Crippen LogP contribution in [0.2, 0.25) is 0 Å². The van der Waals surface area contributed by atoms with E-state index >= 15 is 0 Å². The highest BCUT2D eigenvalue weighted by Gasteiger charge is 2.15. The number of anilines is 1. The van der Waals surface area contributed by atoms with Crippen LogP contribution in [0.15, 0.2) is 18.2 Å².